The van der Waals surface area contributed by atoms with E-state index in [0.29, 0.717) is 0 Å². The van der Waals surface area contributed by atoms with E-state index in [2.05, 4.69) is 10.6 Å². The van der Waals surface area contributed by atoms with Crippen molar-refractivity contribution in [2.45, 2.75) is 25.7 Å². The number of benzene rings is 2. The molecule has 2 aromatic carbocycles. The van der Waals surface area contributed by atoms with E-state index in [0.717, 1.165) is 37.1 Å². The molecule has 0 aromatic heterocycles. The Morgan fingerprint density at radius 3 is 2.63 bits per heavy atom. The van der Waals surface area contributed by atoms with Gasteiger partial charge in [0.15, 0.2) is 11.6 Å². The molecule has 30 heavy (non-hydrogen) atoms. The van der Waals surface area contributed by atoms with Crippen LogP contribution in [0.25, 0.3) is 0 Å². The second-order valence-corrected chi connectivity index (χ2v) is 7.61. The van der Waals surface area contributed by atoms with Crippen molar-refractivity contribution in [3.05, 3.63) is 59.2 Å². The molecule has 1 aliphatic heterocycles. The Morgan fingerprint density at radius 1 is 1.03 bits per heavy atom. The van der Waals surface area contributed by atoms with Crippen molar-refractivity contribution in [3.8, 4) is 0 Å². The van der Waals surface area contributed by atoms with Gasteiger partial charge in [-0.05, 0) is 54.7 Å². The van der Waals surface area contributed by atoms with Gasteiger partial charge >= 0.3 is 0 Å². The summed E-state index contributed by atoms with van der Waals surface area (Å²) in [6.45, 7) is -0.0738. The Labute approximate surface area is 172 Å². The standard InChI is InChI=1S/C22H21F2N3O3/c23-18-7-5-16(10-19(18)24)26-20(28)11-25-22(30)15-9-21(29)27(12-15)17-6-4-13-2-1-3-14(13)8-17/h4-8,10,15H,1-3,9,11-12H2,(H,25,30)(H,26,28). The number of anilines is 2. The van der Waals surface area contributed by atoms with Crippen LogP contribution in [0, 0.1) is 17.6 Å². The van der Waals surface area contributed by atoms with Gasteiger partial charge in [0.1, 0.15) is 0 Å². The lowest BCUT2D eigenvalue weighted by Crippen LogP contribution is -2.37. The van der Waals surface area contributed by atoms with Crippen molar-refractivity contribution in [2.75, 3.05) is 23.3 Å². The van der Waals surface area contributed by atoms with Crippen molar-refractivity contribution in [2.24, 2.45) is 5.92 Å². The van der Waals surface area contributed by atoms with Gasteiger partial charge in [0, 0.05) is 30.4 Å². The van der Waals surface area contributed by atoms with Crippen molar-refractivity contribution in [3.63, 3.8) is 0 Å². The molecule has 6 nitrogen and oxygen atoms in total. The molecule has 4 rings (SSSR count). The Bertz CT molecular complexity index is 1020. The molecular formula is C22H21F2N3O3. The van der Waals surface area contributed by atoms with Crippen molar-refractivity contribution in [1.29, 1.82) is 0 Å². The van der Waals surface area contributed by atoms with Gasteiger partial charge < -0.3 is 15.5 Å². The zero-order valence-corrected chi connectivity index (χ0v) is 16.2. The number of hydrogen-bond acceptors (Lipinski definition) is 3. The van der Waals surface area contributed by atoms with E-state index >= 15 is 0 Å². The third-order valence-corrected chi connectivity index (χ3v) is 5.52. The number of amides is 3. The summed E-state index contributed by atoms with van der Waals surface area (Å²) in [5.74, 6) is -3.74. The molecule has 2 aromatic rings. The summed E-state index contributed by atoms with van der Waals surface area (Å²) < 4.78 is 26.1. The summed E-state index contributed by atoms with van der Waals surface area (Å²) in [7, 11) is 0. The Balaban J connectivity index is 1.31. The van der Waals surface area contributed by atoms with Crippen LogP contribution in [-0.2, 0) is 27.2 Å². The van der Waals surface area contributed by atoms with Gasteiger partial charge in [0.05, 0.1) is 12.5 Å². The van der Waals surface area contributed by atoms with E-state index in [9.17, 15) is 23.2 Å². The molecule has 0 bridgehead atoms. The largest absolute Gasteiger partial charge is 0.347 e. The second kappa shape index (κ2) is 8.22. The van der Waals surface area contributed by atoms with E-state index in [1.165, 1.54) is 17.2 Å². The van der Waals surface area contributed by atoms with Gasteiger partial charge in [-0.2, -0.15) is 0 Å². The van der Waals surface area contributed by atoms with Crippen LogP contribution >= 0.6 is 0 Å². The highest BCUT2D eigenvalue weighted by atomic mass is 19.2. The maximum atomic E-state index is 13.2. The summed E-state index contributed by atoms with van der Waals surface area (Å²) >= 11 is 0. The van der Waals surface area contributed by atoms with E-state index in [1.807, 2.05) is 18.2 Å². The van der Waals surface area contributed by atoms with Crippen LogP contribution in [0.2, 0.25) is 0 Å². The molecule has 8 heteroatoms. The molecule has 1 heterocycles. The molecule has 1 aliphatic carbocycles. The summed E-state index contributed by atoms with van der Waals surface area (Å²) in [4.78, 5) is 38.4. The molecule has 2 aliphatic rings. The summed E-state index contributed by atoms with van der Waals surface area (Å²) in [5.41, 5.74) is 3.45. The molecule has 3 amide bonds. The highest BCUT2D eigenvalue weighted by Gasteiger charge is 2.35. The first kappa shape index (κ1) is 20.0. The normalized spacial score (nSPS) is 17.7. The highest BCUT2D eigenvalue weighted by Crippen LogP contribution is 2.30. The van der Waals surface area contributed by atoms with Crippen LogP contribution in [0.15, 0.2) is 36.4 Å². The van der Waals surface area contributed by atoms with Gasteiger partial charge in [-0.3, -0.25) is 14.4 Å². The Morgan fingerprint density at radius 2 is 1.83 bits per heavy atom. The number of fused-ring (bicyclic) bond motifs is 1. The van der Waals surface area contributed by atoms with E-state index < -0.39 is 29.4 Å². The zero-order valence-electron chi connectivity index (χ0n) is 16.2. The minimum absolute atomic E-state index is 0.0771. The first-order valence-electron chi connectivity index (χ1n) is 9.85. The number of halogens is 2. The second-order valence-electron chi connectivity index (χ2n) is 7.61. The molecule has 2 N–H and O–H groups in total. The maximum absolute atomic E-state index is 13.2. The minimum Gasteiger partial charge on any atom is -0.347 e. The van der Waals surface area contributed by atoms with Gasteiger partial charge in [0.2, 0.25) is 17.7 Å². The van der Waals surface area contributed by atoms with Gasteiger partial charge in [-0.1, -0.05) is 6.07 Å². The fraction of sp³-hybridized carbons (Fsp3) is 0.318. The van der Waals surface area contributed by atoms with E-state index in [1.54, 1.807) is 4.90 Å². The molecule has 156 valence electrons. The number of nitrogens with one attached hydrogen (secondary N) is 2. The van der Waals surface area contributed by atoms with Gasteiger partial charge in [-0.15, -0.1) is 0 Å². The Hall–Kier alpha value is -3.29. The molecule has 0 radical (unpaired) electrons. The average molecular weight is 413 g/mol. The lowest BCUT2D eigenvalue weighted by Gasteiger charge is -2.18. The average Bonchev–Trinajstić information content (AvgIpc) is 3.34. The first-order chi connectivity index (χ1) is 14.4. The van der Waals surface area contributed by atoms with Crippen LogP contribution in [0.4, 0.5) is 20.2 Å². The smallest absolute Gasteiger partial charge is 0.243 e. The molecule has 1 atom stereocenters. The molecule has 0 saturated carbocycles. The van der Waals surface area contributed by atoms with Gasteiger partial charge in [0.25, 0.3) is 0 Å². The third-order valence-electron chi connectivity index (χ3n) is 5.52. The van der Waals surface area contributed by atoms with Crippen molar-refractivity contribution >= 4 is 29.1 Å². The molecule has 1 unspecified atom stereocenters. The molecule has 1 saturated heterocycles. The quantitative estimate of drug-likeness (QED) is 0.791. The fourth-order valence-corrected chi connectivity index (χ4v) is 3.95. The predicted molar refractivity (Wildman–Crippen MR) is 107 cm³/mol. The van der Waals surface area contributed by atoms with Crippen LogP contribution in [0.1, 0.15) is 24.0 Å². The molecular weight excluding hydrogens is 392 g/mol. The summed E-state index contributed by atoms with van der Waals surface area (Å²) in [6, 6.07) is 8.97. The molecule has 0 spiro atoms. The summed E-state index contributed by atoms with van der Waals surface area (Å²) in [6.07, 6.45) is 3.25. The number of carbonyl (C=O) groups excluding carboxylic acids is 3. The lowest BCUT2D eigenvalue weighted by atomic mass is 10.1. The van der Waals surface area contributed by atoms with E-state index in [-0.39, 0.29) is 31.1 Å². The number of nitrogens with zero attached hydrogens (tertiary/aromatic N) is 1. The van der Waals surface area contributed by atoms with Crippen LogP contribution in [0.5, 0.6) is 0 Å². The highest BCUT2D eigenvalue weighted by molar-refractivity contribution is 6.01. The zero-order chi connectivity index (χ0) is 21.3. The topological polar surface area (TPSA) is 78.5 Å². The predicted octanol–water partition coefficient (Wildman–Crippen LogP) is 2.56. The SMILES string of the molecule is O=C(CNC(=O)C1CC(=O)N(c2ccc3c(c2)CCC3)C1)Nc1ccc(F)c(F)c1. The monoisotopic (exact) mass is 413 g/mol. The maximum Gasteiger partial charge on any atom is 0.243 e. The number of aryl methyl sites for hydroxylation is 2. The minimum atomic E-state index is -1.08. The first-order valence-corrected chi connectivity index (χ1v) is 9.85. The number of hydrogen-bond donors (Lipinski definition) is 2. The summed E-state index contributed by atoms with van der Waals surface area (Å²) in [5, 5.41) is 4.89. The Kier molecular flexibility index (Phi) is 5.48. The van der Waals surface area contributed by atoms with Crippen molar-refractivity contribution < 1.29 is 23.2 Å². The van der Waals surface area contributed by atoms with Crippen LogP contribution < -0.4 is 15.5 Å². The number of rotatable bonds is 5. The third kappa shape index (κ3) is 4.17. The lowest BCUT2D eigenvalue weighted by molar-refractivity contribution is -0.127. The van der Waals surface area contributed by atoms with Gasteiger partial charge in [-0.25, -0.2) is 8.78 Å². The van der Waals surface area contributed by atoms with Crippen molar-refractivity contribution in [1.82, 2.24) is 5.32 Å². The van der Waals surface area contributed by atoms with E-state index in [4.69, 9.17) is 0 Å². The van der Waals surface area contributed by atoms with Crippen LogP contribution in [0.3, 0.4) is 0 Å². The molecule has 1 fully saturated rings. The fourth-order valence-electron chi connectivity index (χ4n) is 3.95. The number of carbonyl (C=O) groups is 3. The van der Waals surface area contributed by atoms with Crippen LogP contribution in [-0.4, -0.2) is 30.8 Å².